The number of nitrogens with zero attached hydrogens (tertiary/aromatic N) is 5. The molecule has 16 heteroatoms. The van der Waals surface area contributed by atoms with Gasteiger partial charge in [0.1, 0.15) is 11.4 Å². The first kappa shape index (κ1) is 51.5. The van der Waals surface area contributed by atoms with Gasteiger partial charge in [0.05, 0.1) is 40.3 Å². The molecule has 2 heterocycles. The number of carbonyl (C=O) groups excluding carboxylic acids is 1. The highest BCUT2D eigenvalue weighted by Gasteiger charge is 2.24. The summed E-state index contributed by atoms with van der Waals surface area (Å²) in [5.74, 6) is -2.14. The average Bonchev–Trinajstić information content (AvgIpc) is 3.86. The molecule has 0 bridgehead atoms. The number of aromatic nitrogens is 2. The lowest BCUT2D eigenvalue weighted by atomic mass is 9.91. The fourth-order valence-electron chi connectivity index (χ4n) is 9.13. The minimum absolute atomic E-state index is 0. The van der Waals surface area contributed by atoms with Crippen LogP contribution in [-0.4, -0.2) is 53.8 Å². The summed E-state index contributed by atoms with van der Waals surface area (Å²) in [6.45, 7) is 7.36. The second-order valence-corrected chi connectivity index (χ2v) is 18.2. The number of aromatic amines is 1. The van der Waals surface area contributed by atoms with Gasteiger partial charge in [-0.1, -0.05) is 36.4 Å². The van der Waals surface area contributed by atoms with Crippen molar-refractivity contribution in [3.05, 3.63) is 170 Å². The van der Waals surface area contributed by atoms with Gasteiger partial charge in [-0.15, -0.1) is 22.6 Å². The van der Waals surface area contributed by atoms with E-state index in [9.17, 15) is 34.5 Å². The van der Waals surface area contributed by atoms with Gasteiger partial charge in [0.2, 0.25) is 0 Å². The number of nitrogens with two attached hydrogens (primary N) is 1. The van der Waals surface area contributed by atoms with Crippen LogP contribution in [0.25, 0.3) is 27.9 Å². The van der Waals surface area contributed by atoms with Crippen molar-refractivity contribution in [2.45, 2.75) is 85.5 Å². The molecule has 1 aromatic heterocycles. The van der Waals surface area contributed by atoms with Gasteiger partial charge in [-0.05, 0) is 196 Å². The first-order valence-electron chi connectivity index (χ1n) is 23.5. The summed E-state index contributed by atoms with van der Waals surface area (Å²) >= 11 is 0. The summed E-state index contributed by atoms with van der Waals surface area (Å²) in [6, 6.07) is 31.9. The number of anilines is 2. The molecule has 0 saturated heterocycles. The molecule has 0 spiro atoms. The Bertz CT molecular complexity index is 3360. The summed E-state index contributed by atoms with van der Waals surface area (Å²) in [5, 5.41) is 56.4. The molecule has 7 N–H and O–H groups in total. The standard InChI is InChI=1S/C28H26N4O4.C14H16N2O.C14H13NO3.ClH/c1-16-12-23(20-8-5-9-21(14-20)28(35)36)26(33)24(13-16)29-30-25-17(2)31-32(27(25)34)22-11-10-18-6-3-4-7-19(18)15-22;1-10-8-14(17)16(15-10)13-7-6-11-4-2-3-5-12(11)9-13;1-8-5-11(13(16)12(15)6-8)9-3-2-4-10(7-9)14(17)18;/h5,8-15,31,33H,3-4,6-7H2,1-2H3,(H,35,36);6-7,9H,2-5,8H2,1H3;2-7,16H,15H2,1H3,(H,17,18);1H. The van der Waals surface area contributed by atoms with E-state index in [1.54, 1.807) is 60.5 Å². The largest absolute Gasteiger partial charge is 0.505 e. The molecule has 0 atom stereocenters. The molecule has 370 valence electrons. The number of carboxylic acid groups (broad SMARTS) is 2. The number of benzene rings is 6. The Hall–Kier alpha value is -8.30. The van der Waals surface area contributed by atoms with Crippen molar-refractivity contribution in [1.82, 2.24) is 9.78 Å². The van der Waals surface area contributed by atoms with Crippen LogP contribution in [0, 0.1) is 20.8 Å². The van der Waals surface area contributed by atoms with Crippen molar-refractivity contribution in [1.29, 1.82) is 0 Å². The van der Waals surface area contributed by atoms with Crippen LogP contribution in [-0.2, 0) is 30.5 Å². The van der Waals surface area contributed by atoms with E-state index in [0.29, 0.717) is 34.4 Å². The van der Waals surface area contributed by atoms with Gasteiger partial charge in [-0.3, -0.25) is 14.7 Å². The number of aryl methyl sites for hydroxylation is 7. The summed E-state index contributed by atoms with van der Waals surface area (Å²) < 4.78 is 1.47. The highest BCUT2D eigenvalue weighted by molar-refractivity contribution is 6.12. The molecule has 7 aromatic rings. The van der Waals surface area contributed by atoms with Gasteiger partial charge >= 0.3 is 11.9 Å². The molecule has 0 unspecified atom stereocenters. The number of halogens is 1. The smallest absolute Gasteiger partial charge is 0.335 e. The zero-order valence-corrected chi connectivity index (χ0v) is 41.2. The highest BCUT2D eigenvalue weighted by atomic mass is 35.5. The number of phenols is 2. The van der Waals surface area contributed by atoms with Gasteiger partial charge < -0.3 is 26.2 Å². The van der Waals surface area contributed by atoms with E-state index in [0.717, 1.165) is 53.9 Å². The summed E-state index contributed by atoms with van der Waals surface area (Å²) in [7, 11) is 0. The van der Waals surface area contributed by atoms with Crippen LogP contribution in [0.3, 0.4) is 0 Å². The lowest BCUT2D eigenvalue weighted by Gasteiger charge is -2.19. The number of H-pyrrole nitrogens is 1. The molecular weight excluding hydrogens is 934 g/mol. The van der Waals surface area contributed by atoms with Crippen molar-refractivity contribution < 1.29 is 34.8 Å². The number of hydrogen-bond donors (Lipinski definition) is 6. The second kappa shape index (κ2) is 22.2. The summed E-state index contributed by atoms with van der Waals surface area (Å²) in [5.41, 5.74) is 18.7. The maximum atomic E-state index is 13.2. The van der Waals surface area contributed by atoms with Crippen LogP contribution in [0.2, 0.25) is 0 Å². The number of fused-ring (bicyclic) bond motifs is 2. The zero-order valence-electron chi connectivity index (χ0n) is 40.4. The third-order valence-corrected chi connectivity index (χ3v) is 12.7. The number of nitrogen functional groups attached to an aromatic ring is 1. The van der Waals surface area contributed by atoms with E-state index in [1.807, 2.05) is 32.9 Å². The number of carbonyl (C=O) groups is 3. The summed E-state index contributed by atoms with van der Waals surface area (Å²) in [6.07, 6.45) is 9.72. The minimum Gasteiger partial charge on any atom is -0.505 e. The van der Waals surface area contributed by atoms with Crippen molar-refractivity contribution in [3.63, 3.8) is 0 Å². The molecule has 10 rings (SSSR count). The number of phenolic OH excluding ortho intramolecular Hbond substituents is 2. The van der Waals surface area contributed by atoms with E-state index < -0.39 is 11.9 Å². The third-order valence-electron chi connectivity index (χ3n) is 12.7. The number of amides is 1. The Balaban J connectivity index is 0.000000176. The van der Waals surface area contributed by atoms with Crippen molar-refractivity contribution in [2.75, 3.05) is 10.7 Å². The maximum absolute atomic E-state index is 13.2. The number of rotatable bonds is 8. The molecule has 6 aromatic carbocycles. The fraction of sp³-hybridized carbons (Fsp3) is 0.232. The molecule has 1 amide bonds. The Kier molecular flexibility index (Phi) is 15.9. The maximum Gasteiger partial charge on any atom is 0.335 e. The van der Waals surface area contributed by atoms with Crippen LogP contribution >= 0.6 is 12.4 Å². The Morgan fingerprint density at radius 2 is 1.14 bits per heavy atom. The van der Waals surface area contributed by atoms with Gasteiger partial charge in [0.15, 0.2) is 11.4 Å². The number of hydrogen-bond acceptors (Lipinski definition) is 10. The molecule has 2 aliphatic carbocycles. The third kappa shape index (κ3) is 11.5. The first-order chi connectivity index (χ1) is 34.0. The normalized spacial score (nSPS) is 13.7. The lowest BCUT2D eigenvalue weighted by molar-refractivity contribution is -0.116. The van der Waals surface area contributed by atoms with Crippen LogP contribution in [0.1, 0.15) is 98.8 Å². The molecular formula is C56H56ClN7O8. The van der Waals surface area contributed by atoms with Gasteiger partial charge in [0.25, 0.3) is 11.5 Å². The molecule has 0 radical (unpaired) electrons. The van der Waals surface area contributed by atoms with Crippen LogP contribution in [0.5, 0.6) is 11.5 Å². The molecule has 15 nitrogen and oxygen atoms in total. The van der Waals surface area contributed by atoms with Crippen LogP contribution in [0.4, 0.5) is 22.7 Å². The number of hydrazone groups is 1. The lowest BCUT2D eigenvalue weighted by Crippen LogP contribution is -2.20. The number of nitrogens with one attached hydrogen (secondary N) is 1. The zero-order chi connectivity index (χ0) is 50.5. The molecule has 0 saturated carbocycles. The van der Waals surface area contributed by atoms with E-state index >= 15 is 0 Å². The predicted molar refractivity (Wildman–Crippen MR) is 282 cm³/mol. The minimum atomic E-state index is -1.05. The first-order valence-corrected chi connectivity index (χ1v) is 23.5. The second-order valence-electron chi connectivity index (χ2n) is 18.2. The van der Waals surface area contributed by atoms with Gasteiger partial charge in [0, 0.05) is 16.8 Å². The SMILES string of the molecule is CC1=NN(c2ccc3c(c2)CCCC3)C(=O)C1.Cc1cc(N)c(O)c(-c2cccc(C(=O)O)c2)c1.Cc1cc(N=Nc2c(C)[nH]n(-c3ccc4c(c3)CCCC4)c2=O)c(O)c(-c2cccc(C(=O)O)c2)c1.Cl. The van der Waals surface area contributed by atoms with Crippen molar-refractivity contribution in [3.8, 4) is 39.4 Å². The number of aromatic carboxylic acids is 2. The number of azo groups is 1. The number of aromatic hydroxyl groups is 2. The van der Waals surface area contributed by atoms with Gasteiger partial charge in [-0.25, -0.2) is 19.3 Å². The number of carboxylic acids is 2. The van der Waals surface area contributed by atoms with Gasteiger partial charge in [-0.2, -0.15) is 5.10 Å². The molecule has 1 aliphatic heterocycles. The van der Waals surface area contributed by atoms with Crippen molar-refractivity contribution >= 4 is 58.7 Å². The molecule has 3 aliphatic rings. The van der Waals surface area contributed by atoms with E-state index in [1.165, 1.54) is 76.9 Å². The predicted octanol–water partition coefficient (Wildman–Crippen LogP) is 11.9. The quantitative estimate of drug-likeness (QED) is 0.0482. The Morgan fingerprint density at radius 3 is 1.68 bits per heavy atom. The van der Waals surface area contributed by atoms with Crippen LogP contribution < -0.4 is 16.3 Å². The Labute approximate surface area is 422 Å². The fourth-order valence-corrected chi connectivity index (χ4v) is 9.13. The highest BCUT2D eigenvalue weighted by Crippen LogP contribution is 2.40. The molecule has 72 heavy (non-hydrogen) atoms. The van der Waals surface area contributed by atoms with Crippen molar-refractivity contribution in [2.24, 2.45) is 15.3 Å². The van der Waals surface area contributed by atoms with E-state index in [2.05, 4.69) is 44.7 Å². The Morgan fingerprint density at radius 1 is 0.625 bits per heavy atom. The van der Waals surface area contributed by atoms with E-state index in [4.69, 9.17) is 10.8 Å². The average molecular weight is 991 g/mol. The monoisotopic (exact) mass is 989 g/mol. The topological polar surface area (TPSA) is 236 Å². The summed E-state index contributed by atoms with van der Waals surface area (Å²) in [4.78, 5) is 47.2. The van der Waals surface area contributed by atoms with Crippen LogP contribution in [0.15, 0.2) is 129 Å². The molecule has 0 fully saturated rings. The van der Waals surface area contributed by atoms with E-state index in [-0.39, 0.29) is 63.6 Å².